The number of anilines is 1. The summed E-state index contributed by atoms with van der Waals surface area (Å²) in [5, 5.41) is 4.47. The fraction of sp³-hybridized carbons (Fsp3) is 0.312. The minimum Gasteiger partial charge on any atom is -0.291 e. The number of benzene rings is 1. The zero-order valence-corrected chi connectivity index (χ0v) is 12.0. The maximum Gasteiger partial charge on any atom is 0.252 e. The molecule has 5 heteroatoms. The minimum absolute atomic E-state index is 0.175. The second-order valence-corrected chi connectivity index (χ2v) is 5.27. The van der Waals surface area contributed by atoms with Crippen molar-refractivity contribution in [1.29, 1.82) is 0 Å². The predicted molar refractivity (Wildman–Crippen MR) is 83.8 cm³/mol. The SMILES string of the molecule is Cc1cc(=O)[nH]c(N/N=C2\CCCCc3ccccc32)n1. The maximum absolute atomic E-state index is 11.4. The van der Waals surface area contributed by atoms with Gasteiger partial charge in [-0.3, -0.25) is 9.78 Å². The third-order valence-corrected chi connectivity index (χ3v) is 3.60. The molecular formula is C16H18N4O. The molecule has 1 aromatic heterocycles. The van der Waals surface area contributed by atoms with Gasteiger partial charge in [0.1, 0.15) is 0 Å². The topological polar surface area (TPSA) is 70.1 Å². The van der Waals surface area contributed by atoms with E-state index in [4.69, 9.17) is 0 Å². The molecule has 1 aromatic carbocycles. The van der Waals surface area contributed by atoms with E-state index in [0.29, 0.717) is 11.6 Å². The highest BCUT2D eigenvalue weighted by Gasteiger charge is 2.13. The van der Waals surface area contributed by atoms with Crippen LogP contribution in [0.5, 0.6) is 0 Å². The van der Waals surface area contributed by atoms with Crippen molar-refractivity contribution in [2.24, 2.45) is 5.10 Å². The molecule has 2 aromatic rings. The van der Waals surface area contributed by atoms with Gasteiger partial charge in [-0.05, 0) is 38.2 Å². The molecule has 108 valence electrons. The summed E-state index contributed by atoms with van der Waals surface area (Å²) in [6.07, 6.45) is 4.32. The molecule has 0 atom stereocenters. The van der Waals surface area contributed by atoms with Gasteiger partial charge in [-0.25, -0.2) is 10.4 Å². The van der Waals surface area contributed by atoms with Crippen molar-refractivity contribution in [3.05, 3.63) is 57.5 Å². The normalized spacial score (nSPS) is 16.3. The number of rotatable bonds is 2. The van der Waals surface area contributed by atoms with E-state index < -0.39 is 0 Å². The molecule has 21 heavy (non-hydrogen) atoms. The number of aryl methyl sites for hydroxylation is 2. The number of nitrogens with one attached hydrogen (secondary N) is 2. The molecule has 0 radical (unpaired) electrons. The van der Waals surface area contributed by atoms with Crippen LogP contribution < -0.4 is 11.0 Å². The van der Waals surface area contributed by atoms with Crippen LogP contribution in [0.1, 0.15) is 36.1 Å². The Hall–Kier alpha value is -2.43. The van der Waals surface area contributed by atoms with Crippen molar-refractivity contribution in [2.75, 3.05) is 5.43 Å². The van der Waals surface area contributed by atoms with E-state index >= 15 is 0 Å². The first kappa shape index (κ1) is 13.5. The molecule has 1 heterocycles. The first-order valence-corrected chi connectivity index (χ1v) is 7.21. The highest BCUT2D eigenvalue weighted by Crippen LogP contribution is 2.21. The largest absolute Gasteiger partial charge is 0.291 e. The standard InChI is InChI=1S/C16H18N4O/c1-11-10-15(21)18-16(17-11)20-19-14-9-5-3-7-12-6-2-4-8-13(12)14/h2,4,6,8,10H,3,5,7,9H2,1H3,(H2,17,18,20,21)/b19-14+. The van der Waals surface area contributed by atoms with Crippen LogP contribution in [-0.2, 0) is 6.42 Å². The molecule has 1 aliphatic rings. The molecule has 3 rings (SSSR count). The number of hydrogen-bond donors (Lipinski definition) is 2. The van der Waals surface area contributed by atoms with Crippen molar-refractivity contribution in [3.8, 4) is 0 Å². The Labute approximate surface area is 123 Å². The van der Waals surface area contributed by atoms with Gasteiger partial charge in [0.05, 0.1) is 5.71 Å². The second-order valence-electron chi connectivity index (χ2n) is 5.27. The number of hydrogen-bond acceptors (Lipinski definition) is 4. The second kappa shape index (κ2) is 5.91. The molecule has 0 saturated carbocycles. The molecule has 0 bridgehead atoms. The van der Waals surface area contributed by atoms with Gasteiger partial charge in [-0.2, -0.15) is 5.10 Å². The Morgan fingerprint density at radius 2 is 2.05 bits per heavy atom. The number of aromatic amines is 1. The Balaban J connectivity index is 1.90. The predicted octanol–water partition coefficient (Wildman–Crippen LogP) is 2.62. The minimum atomic E-state index is -0.175. The number of aromatic nitrogens is 2. The molecule has 0 aliphatic heterocycles. The summed E-state index contributed by atoms with van der Waals surface area (Å²) >= 11 is 0. The molecule has 2 N–H and O–H groups in total. The van der Waals surface area contributed by atoms with Crippen LogP contribution in [0, 0.1) is 6.92 Å². The van der Waals surface area contributed by atoms with E-state index in [1.165, 1.54) is 23.6 Å². The highest BCUT2D eigenvalue weighted by molar-refractivity contribution is 6.02. The summed E-state index contributed by atoms with van der Waals surface area (Å²) in [4.78, 5) is 18.3. The van der Waals surface area contributed by atoms with Gasteiger partial charge in [-0.1, -0.05) is 24.3 Å². The molecular weight excluding hydrogens is 264 g/mol. The Morgan fingerprint density at radius 3 is 2.90 bits per heavy atom. The fourth-order valence-electron chi connectivity index (χ4n) is 2.63. The smallest absolute Gasteiger partial charge is 0.252 e. The lowest BCUT2D eigenvalue weighted by atomic mass is 10.0. The Kier molecular flexibility index (Phi) is 3.81. The first-order chi connectivity index (χ1) is 10.2. The van der Waals surface area contributed by atoms with Gasteiger partial charge in [0, 0.05) is 17.3 Å². The van der Waals surface area contributed by atoms with Crippen molar-refractivity contribution in [3.63, 3.8) is 0 Å². The van der Waals surface area contributed by atoms with Gasteiger partial charge in [-0.15, -0.1) is 0 Å². The van der Waals surface area contributed by atoms with Crippen molar-refractivity contribution in [1.82, 2.24) is 9.97 Å². The first-order valence-electron chi connectivity index (χ1n) is 7.21. The van der Waals surface area contributed by atoms with E-state index in [2.05, 4.69) is 38.7 Å². The fourth-order valence-corrected chi connectivity index (χ4v) is 2.63. The lowest BCUT2D eigenvalue weighted by Crippen LogP contribution is -2.12. The average molecular weight is 282 g/mol. The summed E-state index contributed by atoms with van der Waals surface area (Å²) in [5.41, 5.74) is 6.93. The van der Waals surface area contributed by atoms with Gasteiger partial charge in [0.25, 0.3) is 5.56 Å². The number of hydrazone groups is 1. The number of H-pyrrole nitrogens is 1. The molecule has 0 saturated heterocycles. The molecule has 0 unspecified atom stereocenters. The average Bonchev–Trinajstić information content (AvgIpc) is 2.66. The highest BCUT2D eigenvalue weighted by atomic mass is 16.1. The summed E-state index contributed by atoms with van der Waals surface area (Å²) in [6.45, 7) is 1.79. The van der Waals surface area contributed by atoms with Crippen LogP contribution in [0.2, 0.25) is 0 Å². The molecule has 0 amide bonds. The molecule has 0 spiro atoms. The zero-order chi connectivity index (χ0) is 14.7. The number of nitrogens with zero attached hydrogens (tertiary/aromatic N) is 2. The van der Waals surface area contributed by atoms with E-state index in [1.54, 1.807) is 6.92 Å². The summed E-state index contributed by atoms with van der Waals surface area (Å²) in [7, 11) is 0. The van der Waals surface area contributed by atoms with Crippen LogP contribution >= 0.6 is 0 Å². The monoisotopic (exact) mass is 282 g/mol. The Bertz CT molecular complexity index is 733. The van der Waals surface area contributed by atoms with E-state index in [9.17, 15) is 4.79 Å². The van der Waals surface area contributed by atoms with Crippen LogP contribution in [-0.4, -0.2) is 15.7 Å². The van der Waals surface area contributed by atoms with Crippen molar-refractivity contribution >= 4 is 11.7 Å². The van der Waals surface area contributed by atoms with Gasteiger partial charge in [0.15, 0.2) is 0 Å². The van der Waals surface area contributed by atoms with Gasteiger partial charge >= 0.3 is 0 Å². The third-order valence-electron chi connectivity index (χ3n) is 3.60. The number of fused-ring (bicyclic) bond motifs is 1. The quantitative estimate of drug-likeness (QED) is 0.657. The Morgan fingerprint density at radius 1 is 1.24 bits per heavy atom. The van der Waals surface area contributed by atoms with Gasteiger partial charge < -0.3 is 0 Å². The molecule has 5 nitrogen and oxygen atoms in total. The van der Waals surface area contributed by atoms with Crippen molar-refractivity contribution < 1.29 is 0 Å². The lowest BCUT2D eigenvalue weighted by Gasteiger charge is -2.08. The summed E-state index contributed by atoms with van der Waals surface area (Å²) in [6, 6.07) is 9.82. The lowest BCUT2D eigenvalue weighted by molar-refractivity contribution is 0.775. The van der Waals surface area contributed by atoms with Crippen LogP contribution in [0.25, 0.3) is 0 Å². The van der Waals surface area contributed by atoms with E-state index in [1.807, 2.05) is 6.07 Å². The summed E-state index contributed by atoms with van der Waals surface area (Å²) < 4.78 is 0. The zero-order valence-electron chi connectivity index (χ0n) is 12.0. The van der Waals surface area contributed by atoms with E-state index in [0.717, 1.165) is 25.0 Å². The third kappa shape index (κ3) is 3.18. The van der Waals surface area contributed by atoms with Gasteiger partial charge in [0.2, 0.25) is 5.95 Å². The van der Waals surface area contributed by atoms with Crippen LogP contribution in [0.15, 0.2) is 40.2 Å². The maximum atomic E-state index is 11.4. The molecule has 1 aliphatic carbocycles. The van der Waals surface area contributed by atoms with Crippen molar-refractivity contribution in [2.45, 2.75) is 32.6 Å². The van der Waals surface area contributed by atoms with Crippen LogP contribution in [0.3, 0.4) is 0 Å². The van der Waals surface area contributed by atoms with E-state index in [-0.39, 0.29) is 5.56 Å². The summed E-state index contributed by atoms with van der Waals surface area (Å²) in [5.74, 6) is 0.384. The van der Waals surface area contributed by atoms with Crippen LogP contribution in [0.4, 0.5) is 5.95 Å². The molecule has 0 fully saturated rings.